The lowest BCUT2D eigenvalue weighted by Crippen LogP contribution is -2.25. The summed E-state index contributed by atoms with van der Waals surface area (Å²) in [5.41, 5.74) is 0.697. The van der Waals surface area contributed by atoms with Crippen LogP contribution in [0.25, 0.3) is 0 Å². The van der Waals surface area contributed by atoms with Gasteiger partial charge >= 0.3 is 0 Å². The molecule has 0 bridgehead atoms. The predicted molar refractivity (Wildman–Crippen MR) is 51.1 cm³/mol. The highest BCUT2D eigenvalue weighted by Gasteiger charge is 2.23. The molecule has 1 aromatic heterocycles. The fraction of sp³-hybridized carbons (Fsp3) is 0.600. The number of rotatable bonds is 2. The molecule has 14 heavy (non-hydrogen) atoms. The first-order chi connectivity index (χ1) is 6.77. The van der Waals surface area contributed by atoms with Crippen molar-refractivity contribution < 1.29 is 9.53 Å². The van der Waals surface area contributed by atoms with Gasteiger partial charge in [-0.05, 0) is 12.8 Å². The van der Waals surface area contributed by atoms with E-state index in [1.807, 2.05) is 7.05 Å². The lowest BCUT2D eigenvalue weighted by atomic mass is 9.94. The highest BCUT2D eigenvalue weighted by atomic mass is 16.5. The molecule has 1 saturated heterocycles. The van der Waals surface area contributed by atoms with Crippen molar-refractivity contribution in [2.24, 2.45) is 13.0 Å². The normalized spacial score (nSPS) is 22.2. The van der Waals surface area contributed by atoms with Crippen LogP contribution < -0.4 is 0 Å². The molecule has 2 rings (SSSR count). The molecular weight excluding hydrogens is 180 g/mol. The third-order valence-electron chi connectivity index (χ3n) is 2.52. The molecule has 0 amide bonds. The van der Waals surface area contributed by atoms with Gasteiger partial charge in [0.15, 0.2) is 5.78 Å². The summed E-state index contributed by atoms with van der Waals surface area (Å²) in [6, 6.07) is 0. The van der Waals surface area contributed by atoms with Crippen molar-refractivity contribution in [2.45, 2.75) is 12.8 Å². The van der Waals surface area contributed by atoms with E-state index in [9.17, 15) is 4.79 Å². The Bertz CT molecular complexity index is 327. The van der Waals surface area contributed by atoms with Crippen LogP contribution in [0.15, 0.2) is 12.4 Å². The van der Waals surface area contributed by atoms with E-state index in [1.165, 1.54) is 0 Å². The zero-order valence-corrected chi connectivity index (χ0v) is 8.27. The standard InChI is InChI=1S/C10H14N2O2/c1-12-6-9(5-11-12)10(13)8-3-2-4-14-7-8/h5-6,8H,2-4,7H2,1H3. The number of Topliss-reactive ketones (excluding diaryl/α,β-unsaturated/α-hetero) is 1. The van der Waals surface area contributed by atoms with Crippen molar-refractivity contribution in [3.8, 4) is 0 Å². The van der Waals surface area contributed by atoms with E-state index in [2.05, 4.69) is 5.10 Å². The molecule has 0 radical (unpaired) electrons. The predicted octanol–water partition coefficient (Wildman–Crippen LogP) is 1.03. The summed E-state index contributed by atoms with van der Waals surface area (Å²) in [6.45, 7) is 1.35. The Morgan fingerprint density at radius 2 is 2.57 bits per heavy atom. The smallest absolute Gasteiger partial charge is 0.171 e. The van der Waals surface area contributed by atoms with Crippen molar-refractivity contribution in [1.82, 2.24) is 9.78 Å². The number of hydrogen-bond donors (Lipinski definition) is 0. The molecule has 0 aliphatic carbocycles. The van der Waals surface area contributed by atoms with Crippen LogP contribution in [0.3, 0.4) is 0 Å². The largest absolute Gasteiger partial charge is 0.381 e. The SMILES string of the molecule is Cn1cc(C(=O)C2CCCOC2)cn1. The Morgan fingerprint density at radius 3 is 3.14 bits per heavy atom. The van der Waals surface area contributed by atoms with E-state index in [0.29, 0.717) is 12.2 Å². The number of carbonyl (C=O) groups excluding carboxylic acids is 1. The quantitative estimate of drug-likeness (QED) is 0.660. The first-order valence-electron chi connectivity index (χ1n) is 4.88. The average molecular weight is 194 g/mol. The van der Waals surface area contributed by atoms with Crippen LogP contribution >= 0.6 is 0 Å². The number of aryl methyl sites for hydroxylation is 1. The molecule has 1 aromatic rings. The molecule has 0 spiro atoms. The third kappa shape index (κ3) is 1.85. The highest BCUT2D eigenvalue weighted by molar-refractivity contribution is 5.97. The summed E-state index contributed by atoms with van der Waals surface area (Å²) < 4.78 is 6.93. The van der Waals surface area contributed by atoms with Gasteiger partial charge in [0, 0.05) is 25.8 Å². The Balaban J connectivity index is 2.07. The Labute approximate surface area is 82.9 Å². The maximum Gasteiger partial charge on any atom is 0.171 e. The number of ketones is 1. The summed E-state index contributed by atoms with van der Waals surface area (Å²) in [4.78, 5) is 11.9. The van der Waals surface area contributed by atoms with Crippen LogP contribution in [0.5, 0.6) is 0 Å². The maximum atomic E-state index is 11.9. The minimum absolute atomic E-state index is 0.0351. The van der Waals surface area contributed by atoms with Crippen LogP contribution in [0.4, 0.5) is 0 Å². The third-order valence-corrected chi connectivity index (χ3v) is 2.52. The highest BCUT2D eigenvalue weighted by Crippen LogP contribution is 2.18. The summed E-state index contributed by atoms with van der Waals surface area (Å²) in [6.07, 6.45) is 5.30. The zero-order valence-electron chi connectivity index (χ0n) is 8.27. The maximum absolute atomic E-state index is 11.9. The lowest BCUT2D eigenvalue weighted by Gasteiger charge is -2.19. The van der Waals surface area contributed by atoms with Crippen LogP contribution in [0.1, 0.15) is 23.2 Å². The molecule has 76 valence electrons. The molecule has 1 aliphatic rings. The molecule has 0 saturated carbocycles. The van der Waals surface area contributed by atoms with Crippen molar-refractivity contribution in [3.63, 3.8) is 0 Å². The van der Waals surface area contributed by atoms with Gasteiger partial charge in [0.25, 0.3) is 0 Å². The molecule has 1 atom stereocenters. The first-order valence-corrected chi connectivity index (χ1v) is 4.88. The molecule has 1 aliphatic heterocycles. The Kier molecular flexibility index (Phi) is 2.63. The van der Waals surface area contributed by atoms with Gasteiger partial charge in [-0.1, -0.05) is 0 Å². The number of carbonyl (C=O) groups is 1. The second-order valence-electron chi connectivity index (χ2n) is 3.68. The van der Waals surface area contributed by atoms with Gasteiger partial charge in [0.1, 0.15) is 0 Å². The molecule has 4 heteroatoms. The van der Waals surface area contributed by atoms with Gasteiger partial charge in [-0.3, -0.25) is 9.48 Å². The Hall–Kier alpha value is -1.16. The second-order valence-corrected chi connectivity index (χ2v) is 3.68. The number of nitrogens with zero attached hydrogens (tertiary/aromatic N) is 2. The van der Waals surface area contributed by atoms with Gasteiger partial charge < -0.3 is 4.74 Å². The van der Waals surface area contributed by atoms with Gasteiger partial charge in [-0.2, -0.15) is 5.10 Å². The van der Waals surface area contributed by atoms with Crippen molar-refractivity contribution in [3.05, 3.63) is 18.0 Å². The van der Waals surface area contributed by atoms with Gasteiger partial charge in [-0.25, -0.2) is 0 Å². The van der Waals surface area contributed by atoms with E-state index in [0.717, 1.165) is 19.4 Å². The molecular formula is C10H14N2O2. The topological polar surface area (TPSA) is 44.1 Å². The minimum Gasteiger partial charge on any atom is -0.381 e. The van der Waals surface area contributed by atoms with Crippen LogP contribution in [0.2, 0.25) is 0 Å². The number of hydrogen-bond acceptors (Lipinski definition) is 3. The fourth-order valence-corrected chi connectivity index (χ4v) is 1.73. The monoisotopic (exact) mass is 194 g/mol. The second kappa shape index (κ2) is 3.92. The number of aromatic nitrogens is 2. The van der Waals surface area contributed by atoms with Gasteiger partial charge in [-0.15, -0.1) is 0 Å². The fourth-order valence-electron chi connectivity index (χ4n) is 1.73. The summed E-state index contributed by atoms with van der Waals surface area (Å²) in [7, 11) is 1.81. The molecule has 0 N–H and O–H groups in total. The molecule has 2 heterocycles. The van der Waals surface area contributed by atoms with E-state index < -0.39 is 0 Å². The minimum atomic E-state index is 0.0351. The molecule has 1 fully saturated rings. The Morgan fingerprint density at radius 1 is 1.71 bits per heavy atom. The van der Waals surface area contributed by atoms with Crippen molar-refractivity contribution >= 4 is 5.78 Å². The summed E-state index contributed by atoms with van der Waals surface area (Å²) >= 11 is 0. The average Bonchev–Trinajstić information content (AvgIpc) is 2.65. The first kappa shape index (κ1) is 9.40. The van der Waals surface area contributed by atoms with Gasteiger partial charge in [0.05, 0.1) is 18.4 Å². The van der Waals surface area contributed by atoms with Crippen LogP contribution in [-0.2, 0) is 11.8 Å². The van der Waals surface area contributed by atoms with Crippen molar-refractivity contribution in [1.29, 1.82) is 0 Å². The van der Waals surface area contributed by atoms with E-state index in [-0.39, 0.29) is 11.7 Å². The van der Waals surface area contributed by atoms with Crippen LogP contribution in [-0.4, -0.2) is 28.8 Å². The molecule has 4 nitrogen and oxygen atoms in total. The van der Waals surface area contributed by atoms with E-state index >= 15 is 0 Å². The lowest BCUT2D eigenvalue weighted by molar-refractivity contribution is 0.0461. The number of ether oxygens (including phenoxy) is 1. The summed E-state index contributed by atoms with van der Waals surface area (Å²) in [5, 5.41) is 3.99. The van der Waals surface area contributed by atoms with Crippen LogP contribution in [0, 0.1) is 5.92 Å². The molecule has 0 aromatic carbocycles. The summed E-state index contributed by atoms with van der Waals surface area (Å²) in [5.74, 6) is 0.200. The van der Waals surface area contributed by atoms with E-state index in [4.69, 9.17) is 4.74 Å². The molecule has 1 unspecified atom stereocenters. The van der Waals surface area contributed by atoms with Crippen molar-refractivity contribution in [2.75, 3.05) is 13.2 Å². The van der Waals surface area contributed by atoms with Gasteiger partial charge in [0.2, 0.25) is 0 Å². The zero-order chi connectivity index (χ0) is 9.97. The van der Waals surface area contributed by atoms with E-state index in [1.54, 1.807) is 17.1 Å².